The molecule has 0 heterocycles. The molecule has 1 aromatic rings. The highest BCUT2D eigenvalue weighted by Crippen LogP contribution is 2.38. The maximum Gasteiger partial charge on any atom is 0.309 e. The minimum atomic E-state index is -0.417. The molecule has 0 spiro atoms. The zero-order valence-corrected chi connectivity index (χ0v) is 11.8. The molecule has 6 heteroatoms. The Bertz CT molecular complexity index is 498. The highest BCUT2D eigenvalue weighted by atomic mass is 35.5. The first kappa shape index (κ1) is 14.2. The van der Waals surface area contributed by atoms with Gasteiger partial charge >= 0.3 is 5.97 Å². The Morgan fingerprint density at radius 1 is 1.32 bits per heavy atom. The van der Waals surface area contributed by atoms with E-state index < -0.39 is 5.91 Å². The van der Waals surface area contributed by atoms with Crippen LogP contribution in [0.4, 0.5) is 5.69 Å². The predicted octanol–water partition coefficient (Wildman–Crippen LogP) is 3.13. The van der Waals surface area contributed by atoms with E-state index in [1.54, 1.807) is 18.2 Å². The van der Waals surface area contributed by atoms with Crippen LogP contribution in [0.1, 0.15) is 13.3 Å². The van der Waals surface area contributed by atoms with Gasteiger partial charge in [0.15, 0.2) is 6.61 Å². The van der Waals surface area contributed by atoms with E-state index in [9.17, 15) is 9.59 Å². The third-order valence-electron chi connectivity index (χ3n) is 2.90. The SMILES string of the molecule is CC1CC1C(=O)OCC(=O)Nc1cc(Cl)cc(Cl)c1. The molecule has 0 aliphatic heterocycles. The van der Waals surface area contributed by atoms with Crippen LogP contribution in [-0.4, -0.2) is 18.5 Å². The third-order valence-corrected chi connectivity index (χ3v) is 3.34. The van der Waals surface area contributed by atoms with Gasteiger partial charge in [-0.25, -0.2) is 0 Å². The first-order valence-corrected chi connectivity index (χ1v) is 6.64. The van der Waals surface area contributed by atoms with E-state index in [4.69, 9.17) is 27.9 Å². The molecule has 1 N–H and O–H groups in total. The fraction of sp³-hybridized carbons (Fsp3) is 0.385. The number of ether oxygens (including phenoxy) is 1. The van der Waals surface area contributed by atoms with Gasteiger partial charge in [-0.2, -0.15) is 0 Å². The second kappa shape index (κ2) is 5.80. The summed E-state index contributed by atoms with van der Waals surface area (Å²) in [7, 11) is 0. The molecule has 2 rings (SSSR count). The minimum absolute atomic E-state index is 0.0478. The molecule has 19 heavy (non-hydrogen) atoms. The number of esters is 1. The molecule has 1 aromatic carbocycles. The predicted molar refractivity (Wildman–Crippen MR) is 73.3 cm³/mol. The number of halogens is 2. The van der Waals surface area contributed by atoms with Gasteiger partial charge in [-0.3, -0.25) is 9.59 Å². The van der Waals surface area contributed by atoms with Gasteiger partial charge in [0, 0.05) is 15.7 Å². The van der Waals surface area contributed by atoms with E-state index in [0.29, 0.717) is 21.7 Å². The van der Waals surface area contributed by atoms with Gasteiger partial charge in [0.25, 0.3) is 5.91 Å². The van der Waals surface area contributed by atoms with Gasteiger partial charge in [-0.05, 0) is 30.5 Å². The fourth-order valence-electron chi connectivity index (χ4n) is 1.72. The monoisotopic (exact) mass is 301 g/mol. The number of hydrogen-bond acceptors (Lipinski definition) is 3. The lowest BCUT2D eigenvalue weighted by Gasteiger charge is -2.07. The van der Waals surface area contributed by atoms with Crippen LogP contribution in [0.15, 0.2) is 18.2 Å². The number of anilines is 1. The van der Waals surface area contributed by atoms with E-state index in [2.05, 4.69) is 5.32 Å². The van der Waals surface area contributed by atoms with Crippen molar-refractivity contribution in [1.29, 1.82) is 0 Å². The van der Waals surface area contributed by atoms with E-state index in [1.165, 1.54) is 0 Å². The maximum absolute atomic E-state index is 11.6. The van der Waals surface area contributed by atoms with Crippen molar-refractivity contribution < 1.29 is 14.3 Å². The Morgan fingerprint density at radius 2 is 1.89 bits per heavy atom. The van der Waals surface area contributed by atoms with Crippen LogP contribution in [0.3, 0.4) is 0 Å². The summed E-state index contributed by atoms with van der Waals surface area (Å²) in [6.45, 7) is 1.67. The van der Waals surface area contributed by atoms with E-state index in [-0.39, 0.29) is 18.5 Å². The summed E-state index contributed by atoms with van der Waals surface area (Å²) < 4.78 is 4.91. The lowest BCUT2D eigenvalue weighted by Crippen LogP contribution is -2.21. The van der Waals surface area contributed by atoms with Crippen molar-refractivity contribution in [3.63, 3.8) is 0 Å². The van der Waals surface area contributed by atoms with E-state index >= 15 is 0 Å². The topological polar surface area (TPSA) is 55.4 Å². The van der Waals surface area contributed by atoms with Crippen LogP contribution >= 0.6 is 23.2 Å². The fourth-order valence-corrected chi connectivity index (χ4v) is 2.24. The maximum atomic E-state index is 11.6. The molecule has 0 radical (unpaired) electrons. The molecule has 1 saturated carbocycles. The van der Waals surface area contributed by atoms with Gasteiger partial charge in [-0.15, -0.1) is 0 Å². The van der Waals surface area contributed by atoms with Gasteiger partial charge in [0.2, 0.25) is 0 Å². The Labute approximate surface area is 121 Å². The lowest BCUT2D eigenvalue weighted by molar-refractivity contribution is -0.148. The number of carbonyl (C=O) groups excluding carboxylic acids is 2. The molecule has 1 amide bonds. The van der Waals surface area contributed by atoms with Gasteiger partial charge in [-0.1, -0.05) is 30.1 Å². The molecule has 0 aromatic heterocycles. The number of rotatable bonds is 4. The number of hydrogen-bond donors (Lipinski definition) is 1. The molecule has 0 saturated heterocycles. The second-order valence-corrected chi connectivity index (χ2v) is 5.51. The number of nitrogens with one attached hydrogen (secondary N) is 1. The van der Waals surface area contributed by atoms with Crippen molar-refractivity contribution in [1.82, 2.24) is 0 Å². The third kappa shape index (κ3) is 4.11. The largest absolute Gasteiger partial charge is 0.455 e. The van der Waals surface area contributed by atoms with E-state index in [0.717, 1.165) is 6.42 Å². The normalized spacial score (nSPS) is 20.8. The molecule has 1 fully saturated rings. The molecule has 4 nitrogen and oxygen atoms in total. The summed E-state index contributed by atoms with van der Waals surface area (Å²) in [5, 5.41) is 3.41. The molecule has 1 aliphatic carbocycles. The molecule has 0 bridgehead atoms. The quantitative estimate of drug-likeness (QED) is 0.869. The second-order valence-electron chi connectivity index (χ2n) is 4.63. The highest BCUT2D eigenvalue weighted by molar-refractivity contribution is 6.35. The van der Waals surface area contributed by atoms with Crippen molar-refractivity contribution in [3.8, 4) is 0 Å². The standard InChI is InChI=1S/C13H13Cl2NO3/c1-7-2-11(7)13(18)19-6-12(17)16-10-4-8(14)3-9(15)5-10/h3-5,7,11H,2,6H2,1H3,(H,16,17). The average Bonchev–Trinajstić information content (AvgIpc) is 3.02. The Kier molecular flexibility index (Phi) is 4.32. The first-order chi connectivity index (χ1) is 8.95. The molecular formula is C13H13Cl2NO3. The van der Waals surface area contributed by atoms with Crippen molar-refractivity contribution >= 4 is 40.8 Å². The number of carbonyl (C=O) groups is 2. The summed E-state index contributed by atoms with van der Waals surface area (Å²) in [6.07, 6.45) is 0.838. The zero-order chi connectivity index (χ0) is 14.0. The Balaban J connectivity index is 1.82. The average molecular weight is 302 g/mol. The molecule has 102 valence electrons. The lowest BCUT2D eigenvalue weighted by atomic mass is 10.3. The van der Waals surface area contributed by atoms with Crippen LogP contribution in [0.2, 0.25) is 10.0 Å². The van der Waals surface area contributed by atoms with Crippen LogP contribution in [0.25, 0.3) is 0 Å². The Hall–Kier alpha value is -1.26. The Morgan fingerprint density at radius 3 is 2.42 bits per heavy atom. The molecule has 1 aliphatic rings. The van der Waals surface area contributed by atoms with Crippen LogP contribution < -0.4 is 5.32 Å². The minimum Gasteiger partial charge on any atom is -0.455 e. The summed E-state index contributed by atoms with van der Waals surface area (Å²) >= 11 is 11.6. The zero-order valence-electron chi connectivity index (χ0n) is 10.3. The molecular weight excluding hydrogens is 289 g/mol. The summed E-state index contributed by atoms with van der Waals surface area (Å²) in [5.74, 6) is -0.414. The van der Waals surface area contributed by atoms with Crippen LogP contribution in [-0.2, 0) is 14.3 Å². The van der Waals surface area contributed by atoms with Gasteiger partial charge < -0.3 is 10.1 Å². The molecule has 2 unspecified atom stereocenters. The van der Waals surface area contributed by atoms with Crippen LogP contribution in [0, 0.1) is 11.8 Å². The summed E-state index contributed by atoms with van der Waals surface area (Å²) in [6, 6.07) is 4.69. The first-order valence-electron chi connectivity index (χ1n) is 5.88. The number of amides is 1. The number of benzene rings is 1. The smallest absolute Gasteiger partial charge is 0.309 e. The molecule has 2 atom stereocenters. The van der Waals surface area contributed by atoms with Crippen molar-refractivity contribution in [2.24, 2.45) is 11.8 Å². The van der Waals surface area contributed by atoms with Crippen molar-refractivity contribution in [2.75, 3.05) is 11.9 Å². The van der Waals surface area contributed by atoms with E-state index in [1.807, 2.05) is 6.92 Å². The van der Waals surface area contributed by atoms with Gasteiger partial charge in [0.1, 0.15) is 0 Å². The van der Waals surface area contributed by atoms with Gasteiger partial charge in [0.05, 0.1) is 5.92 Å². The van der Waals surface area contributed by atoms with Crippen molar-refractivity contribution in [3.05, 3.63) is 28.2 Å². The summed E-state index contributed by atoms with van der Waals surface area (Å²) in [5.41, 5.74) is 0.471. The van der Waals surface area contributed by atoms with Crippen molar-refractivity contribution in [2.45, 2.75) is 13.3 Å². The summed E-state index contributed by atoms with van der Waals surface area (Å²) in [4.78, 5) is 23.0. The van der Waals surface area contributed by atoms with Crippen LogP contribution in [0.5, 0.6) is 0 Å². The highest BCUT2D eigenvalue weighted by Gasteiger charge is 2.40.